The standard InChI is InChI=1S/C19H23FN4O2/c1-19(2,3)23-17(25)15-14-9-4-5-10-24(14)16(22-15)18(26)21-13-8-6-7-12(20)11-13/h6-8,11H,4-5,9-10H2,1-3H3,(H,21,26)(H,23,25). The summed E-state index contributed by atoms with van der Waals surface area (Å²) >= 11 is 0. The van der Waals surface area contributed by atoms with Crippen LogP contribution in [0, 0.1) is 5.82 Å². The number of rotatable bonds is 3. The Balaban J connectivity index is 1.92. The molecule has 0 spiro atoms. The minimum absolute atomic E-state index is 0.183. The first-order valence-corrected chi connectivity index (χ1v) is 8.73. The van der Waals surface area contributed by atoms with Gasteiger partial charge in [0.1, 0.15) is 11.5 Å². The van der Waals surface area contributed by atoms with Crippen LogP contribution < -0.4 is 10.6 Å². The molecule has 1 aromatic carbocycles. The van der Waals surface area contributed by atoms with E-state index in [1.54, 1.807) is 10.6 Å². The average molecular weight is 358 g/mol. The van der Waals surface area contributed by atoms with Gasteiger partial charge in [0.2, 0.25) is 0 Å². The molecule has 6 nitrogen and oxygen atoms in total. The fourth-order valence-electron chi connectivity index (χ4n) is 3.05. The number of benzene rings is 1. The molecule has 0 saturated heterocycles. The predicted octanol–water partition coefficient (Wildman–Crippen LogP) is 3.14. The van der Waals surface area contributed by atoms with Gasteiger partial charge in [-0.3, -0.25) is 9.59 Å². The molecule has 0 fully saturated rings. The van der Waals surface area contributed by atoms with Crippen molar-refractivity contribution in [2.45, 2.75) is 52.1 Å². The number of nitrogens with zero attached hydrogens (tertiary/aromatic N) is 2. The van der Waals surface area contributed by atoms with Crippen LogP contribution in [0.4, 0.5) is 10.1 Å². The van der Waals surface area contributed by atoms with E-state index in [-0.39, 0.29) is 11.7 Å². The molecular formula is C19H23FN4O2. The van der Waals surface area contributed by atoms with E-state index in [9.17, 15) is 14.0 Å². The summed E-state index contributed by atoms with van der Waals surface area (Å²) in [6, 6.07) is 5.68. The van der Waals surface area contributed by atoms with Gasteiger partial charge in [-0.2, -0.15) is 0 Å². The van der Waals surface area contributed by atoms with Gasteiger partial charge in [-0.1, -0.05) is 6.07 Å². The molecule has 1 aliphatic heterocycles. The Morgan fingerprint density at radius 1 is 1.19 bits per heavy atom. The molecule has 1 aliphatic rings. The van der Waals surface area contributed by atoms with Gasteiger partial charge in [0, 0.05) is 17.8 Å². The summed E-state index contributed by atoms with van der Waals surface area (Å²) < 4.78 is 15.1. The normalized spacial score (nSPS) is 13.8. The van der Waals surface area contributed by atoms with Crippen molar-refractivity contribution in [1.82, 2.24) is 14.9 Å². The first-order chi connectivity index (χ1) is 12.2. The van der Waals surface area contributed by atoms with Gasteiger partial charge in [0.15, 0.2) is 5.82 Å². The lowest BCUT2D eigenvalue weighted by molar-refractivity contribution is 0.0913. The quantitative estimate of drug-likeness (QED) is 0.885. The van der Waals surface area contributed by atoms with E-state index < -0.39 is 17.3 Å². The highest BCUT2D eigenvalue weighted by atomic mass is 19.1. The van der Waals surface area contributed by atoms with E-state index in [0.29, 0.717) is 24.3 Å². The topological polar surface area (TPSA) is 76.0 Å². The lowest BCUT2D eigenvalue weighted by Gasteiger charge is -2.21. The Bertz CT molecular complexity index is 852. The lowest BCUT2D eigenvalue weighted by atomic mass is 10.1. The fourth-order valence-corrected chi connectivity index (χ4v) is 3.05. The maximum Gasteiger partial charge on any atom is 0.291 e. The van der Waals surface area contributed by atoms with E-state index in [0.717, 1.165) is 18.5 Å². The van der Waals surface area contributed by atoms with Crippen molar-refractivity contribution in [2.24, 2.45) is 0 Å². The molecule has 2 amide bonds. The molecule has 0 radical (unpaired) electrons. The molecule has 138 valence electrons. The summed E-state index contributed by atoms with van der Waals surface area (Å²) in [5, 5.41) is 5.55. The van der Waals surface area contributed by atoms with Gasteiger partial charge in [-0.25, -0.2) is 9.37 Å². The first kappa shape index (κ1) is 18.1. The zero-order valence-electron chi connectivity index (χ0n) is 15.2. The number of anilines is 1. The van der Waals surface area contributed by atoms with Crippen LogP contribution in [0.5, 0.6) is 0 Å². The Morgan fingerprint density at radius 3 is 2.65 bits per heavy atom. The number of carbonyl (C=O) groups is 2. The van der Waals surface area contributed by atoms with Crippen LogP contribution >= 0.6 is 0 Å². The summed E-state index contributed by atoms with van der Waals surface area (Å²) in [5.41, 5.74) is 1.03. The van der Waals surface area contributed by atoms with Crippen LogP contribution in [0.15, 0.2) is 24.3 Å². The van der Waals surface area contributed by atoms with Crippen molar-refractivity contribution in [2.75, 3.05) is 5.32 Å². The first-order valence-electron chi connectivity index (χ1n) is 8.73. The maximum absolute atomic E-state index is 13.3. The number of amides is 2. The smallest absolute Gasteiger partial charge is 0.291 e. The molecule has 2 aromatic rings. The number of fused-ring (bicyclic) bond motifs is 1. The van der Waals surface area contributed by atoms with Gasteiger partial charge in [-0.05, 0) is 58.2 Å². The number of imidazole rings is 1. The van der Waals surface area contributed by atoms with Crippen molar-refractivity contribution in [1.29, 1.82) is 0 Å². The Morgan fingerprint density at radius 2 is 1.96 bits per heavy atom. The minimum atomic E-state index is -0.450. The zero-order valence-corrected chi connectivity index (χ0v) is 15.2. The number of carbonyl (C=O) groups excluding carboxylic acids is 2. The van der Waals surface area contributed by atoms with Crippen molar-refractivity contribution in [3.63, 3.8) is 0 Å². The monoisotopic (exact) mass is 358 g/mol. The molecule has 26 heavy (non-hydrogen) atoms. The Kier molecular flexibility index (Phi) is 4.80. The number of hydrogen-bond donors (Lipinski definition) is 2. The van der Waals surface area contributed by atoms with Crippen LogP contribution in [0.3, 0.4) is 0 Å². The number of halogens is 1. The van der Waals surface area contributed by atoms with Crippen molar-refractivity contribution in [3.8, 4) is 0 Å². The minimum Gasteiger partial charge on any atom is -0.346 e. The van der Waals surface area contributed by atoms with E-state index >= 15 is 0 Å². The van der Waals surface area contributed by atoms with Gasteiger partial charge in [0.05, 0.1) is 5.69 Å². The second kappa shape index (κ2) is 6.90. The van der Waals surface area contributed by atoms with Gasteiger partial charge < -0.3 is 15.2 Å². The summed E-state index contributed by atoms with van der Waals surface area (Å²) in [6.07, 6.45) is 2.57. The third-order valence-corrected chi connectivity index (χ3v) is 4.11. The van der Waals surface area contributed by atoms with E-state index in [1.165, 1.54) is 18.2 Å². The molecular weight excluding hydrogens is 335 g/mol. The molecule has 0 atom stereocenters. The second-order valence-electron chi connectivity index (χ2n) is 7.51. The summed E-state index contributed by atoms with van der Waals surface area (Å²) in [5.74, 6) is -0.984. The second-order valence-corrected chi connectivity index (χ2v) is 7.51. The van der Waals surface area contributed by atoms with Crippen molar-refractivity contribution in [3.05, 3.63) is 47.3 Å². The third kappa shape index (κ3) is 3.92. The SMILES string of the molecule is CC(C)(C)NC(=O)c1nc(C(=O)Nc2cccc(F)c2)n2c1CCCC2. The average Bonchev–Trinajstić information content (AvgIpc) is 2.93. The van der Waals surface area contributed by atoms with Crippen LogP contribution in [-0.4, -0.2) is 26.9 Å². The van der Waals surface area contributed by atoms with E-state index in [2.05, 4.69) is 15.6 Å². The van der Waals surface area contributed by atoms with Crippen LogP contribution in [-0.2, 0) is 13.0 Å². The van der Waals surface area contributed by atoms with E-state index in [1.807, 2.05) is 20.8 Å². The molecule has 3 rings (SSSR count). The van der Waals surface area contributed by atoms with Crippen molar-refractivity contribution < 1.29 is 14.0 Å². The number of hydrogen-bond acceptors (Lipinski definition) is 3. The van der Waals surface area contributed by atoms with Gasteiger partial charge in [0.25, 0.3) is 11.8 Å². The van der Waals surface area contributed by atoms with Crippen LogP contribution in [0.25, 0.3) is 0 Å². The molecule has 0 bridgehead atoms. The van der Waals surface area contributed by atoms with Gasteiger partial charge >= 0.3 is 0 Å². The van der Waals surface area contributed by atoms with Gasteiger partial charge in [-0.15, -0.1) is 0 Å². The highest BCUT2D eigenvalue weighted by Crippen LogP contribution is 2.22. The molecule has 1 aromatic heterocycles. The highest BCUT2D eigenvalue weighted by molar-refractivity contribution is 6.03. The van der Waals surface area contributed by atoms with Crippen LogP contribution in [0.2, 0.25) is 0 Å². The molecule has 0 saturated carbocycles. The summed E-state index contributed by atoms with van der Waals surface area (Å²) in [7, 11) is 0. The Labute approximate surface area is 151 Å². The number of aromatic nitrogens is 2. The third-order valence-electron chi connectivity index (χ3n) is 4.11. The predicted molar refractivity (Wildman–Crippen MR) is 96.7 cm³/mol. The molecule has 2 N–H and O–H groups in total. The lowest BCUT2D eigenvalue weighted by Crippen LogP contribution is -2.41. The highest BCUT2D eigenvalue weighted by Gasteiger charge is 2.29. The van der Waals surface area contributed by atoms with Crippen LogP contribution in [0.1, 0.15) is 60.4 Å². The zero-order chi connectivity index (χ0) is 18.9. The molecule has 2 heterocycles. The molecule has 7 heteroatoms. The summed E-state index contributed by atoms with van der Waals surface area (Å²) in [4.78, 5) is 29.6. The largest absolute Gasteiger partial charge is 0.346 e. The fraction of sp³-hybridized carbons (Fsp3) is 0.421. The maximum atomic E-state index is 13.3. The summed E-state index contributed by atoms with van der Waals surface area (Å²) in [6.45, 7) is 6.32. The Hall–Kier alpha value is -2.70. The molecule has 0 aliphatic carbocycles. The van der Waals surface area contributed by atoms with E-state index in [4.69, 9.17) is 0 Å². The van der Waals surface area contributed by atoms with Crippen molar-refractivity contribution >= 4 is 17.5 Å². The molecule has 0 unspecified atom stereocenters. The number of nitrogens with one attached hydrogen (secondary N) is 2.